The Morgan fingerprint density at radius 3 is 2.81 bits per heavy atom. The van der Waals surface area contributed by atoms with Crippen molar-refractivity contribution in [2.75, 3.05) is 18.1 Å². The van der Waals surface area contributed by atoms with Crippen molar-refractivity contribution >= 4 is 54.9 Å². The Bertz CT molecular complexity index is 1060. The van der Waals surface area contributed by atoms with Crippen LogP contribution in [-0.2, 0) is 14.8 Å². The molecule has 26 heavy (non-hydrogen) atoms. The average molecular weight is 408 g/mol. The van der Waals surface area contributed by atoms with E-state index in [0.717, 1.165) is 20.1 Å². The van der Waals surface area contributed by atoms with Crippen LogP contribution in [0, 0.1) is 6.92 Å². The van der Waals surface area contributed by atoms with Crippen molar-refractivity contribution in [1.82, 2.24) is 9.71 Å². The van der Waals surface area contributed by atoms with Gasteiger partial charge in [0.05, 0.1) is 26.7 Å². The maximum atomic E-state index is 12.4. The number of benzene rings is 2. The van der Waals surface area contributed by atoms with E-state index in [9.17, 15) is 13.2 Å². The molecule has 0 radical (unpaired) electrons. The molecule has 136 valence electrons. The van der Waals surface area contributed by atoms with Crippen molar-refractivity contribution in [1.29, 1.82) is 0 Å². The molecule has 0 unspecified atom stereocenters. The van der Waals surface area contributed by atoms with E-state index in [2.05, 4.69) is 15.0 Å². The zero-order valence-electron chi connectivity index (χ0n) is 14.1. The van der Waals surface area contributed by atoms with Gasteiger partial charge in [0, 0.05) is 10.6 Å². The molecule has 0 saturated carbocycles. The van der Waals surface area contributed by atoms with Gasteiger partial charge < -0.3 is 5.32 Å². The number of thioether (sulfide) groups is 1. The van der Waals surface area contributed by atoms with Gasteiger partial charge >= 0.3 is 0 Å². The van der Waals surface area contributed by atoms with E-state index in [4.69, 9.17) is 0 Å². The molecule has 3 aromatic rings. The van der Waals surface area contributed by atoms with Crippen LogP contribution in [0.4, 0.5) is 5.69 Å². The molecule has 1 aromatic heterocycles. The van der Waals surface area contributed by atoms with Gasteiger partial charge in [-0.15, -0.1) is 23.1 Å². The number of hydrogen-bond acceptors (Lipinski definition) is 6. The van der Waals surface area contributed by atoms with Crippen molar-refractivity contribution in [2.45, 2.75) is 16.7 Å². The number of amides is 1. The molecule has 1 heterocycles. The predicted molar refractivity (Wildman–Crippen MR) is 106 cm³/mol. The Morgan fingerprint density at radius 2 is 2.04 bits per heavy atom. The van der Waals surface area contributed by atoms with Crippen molar-refractivity contribution in [3.8, 4) is 0 Å². The van der Waals surface area contributed by atoms with Crippen molar-refractivity contribution in [3.63, 3.8) is 0 Å². The molecule has 9 heteroatoms. The van der Waals surface area contributed by atoms with Gasteiger partial charge in [0.25, 0.3) is 0 Å². The summed E-state index contributed by atoms with van der Waals surface area (Å²) in [6.45, 7) is 1.53. The monoisotopic (exact) mass is 407 g/mol. The highest BCUT2D eigenvalue weighted by Gasteiger charge is 2.17. The lowest BCUT2D eigenvalue weighted by molar-refractivity contribution is -0.115. The standard InChI is InChI=1S/C17H17N3O3S3/c1-11-19-15-7-6-14(9-16(15)25-11)26(22,23)18-10-17(21)20-12-4-3-5-13(8-12)24-2/h3-9,18H,10H2,1-2H3,(H,20,21). The van der Waals surface area contributed by atoms with Crippen LogP contribution >= 0.6 is 23.1 Å². The molecule has 2 aromatic carbocycles. The zero-order chi connectivity index (χ0) is 18.7. The summed E-state index contributed by atoms with van der Waals surface area (Å²) < 4.78 is 28.0. The second-order valence-electron chi connectivity index (χ2n) is 5.47. The number of rotatable bonds is 6. The zero-order valence-corrected chi connectivity index (χ0v) is 16.6. The maximum absolute atomic E-state index is 12.4. The topological polar surface area (TPSA) is 88.2 Å². The highest BCUT2D eigenvalue weighted by atomic mass is 32.2. The first-order valence-electron chi connectivity index (χ1n) is 7.68. The molecule has 0 spiro atoms. The number of sulfonamides is 1. The maximum Gasteiger partial charge on any atom is 0.241 e. The van der Waals surface area contributed by atoms with Gasteiger partial charge in [-0.3, -0.25) is 4.79 Å². The second-order valence-corrected chi connectivity index (χ2v) is 9.35. The first-order chi connectivity index (χ1) is 12.4. The number of aryl methyl sites for hydroxylation is 1. The van der Waals surface area contributed by atoms with Crippen LogP contribution in [0.3, 0.4) is 0 Å². The summed E-state index contributed by atoms with van der Waals surface area (Å²) in [5.41, 5.74) is 1.39. The highest BCUT2D eigenvalue weighted by Crippen LogP contribution is 2.24. The minimum absolute atomic E-state index is 0.117. The molecule has 2 N–H and O–H groups in total. The fourth-order valence-electron chi connectivity index (χ4n) is 2.34. The van der Waals surface area contributed by atoms with Crippen LogP contribution in [0.15, 0.2) is 52.3 Å². The number of nitrogens with one attached hydrogen (secondary N) is 2. The molecule has 0 fully saturated rings. The normalized spacial score (nSPS) is 11.6. The Morgan fingerprint density at radius 1 is 1.23 bits per heavy atom. The molecule has 0 atom stereocenters. The molecule has 0 aliphatic carbocycles. The van der Waals surface area contributed by atoms with E-state index in [-0.39, 0.29) is 11.4 Å². The van der Waals surface area contributed by atoms with Crippen LogP contribution in [0.1, 0.15) is 5.01 Å². The number of nitrogens with zero attached hydrogens (tertiary/aromatic N) is 1. The minimum atomic E-state index is -3.78. The van der Waals surface area contributed by atoms with Gasteiger partial charge in [-0.1, -0.05) is 6.07 Å². The van der Waals surface area contributed by atoms with E-state index in [1.807, 2.05) is 31.4 Å². The molecule has 1 amide bonds. The Hall–Kier alpha value is -1.94. The van der Waals surface area contributed by atoms with E-state index in [1.54, 1.807) is 30.0 Å². The highest BCUT2D eigenvalue weighted by molar-refractivity contribution is 7.98. The van der Waals surface area contributed by atoms with Gasteiger partial charge in [0.2, 0.25) is 15.9 Å². The lowest BCUT2D eigenvalue weighted by Crippen LogP contribution is -2.32. The third kappa shape index (κ3) is 4.42. The summed E-state index contributed by atoms with van der Waals surface area (Å²) in [4.78, 5) is 17.5. The third-order valence-electron chi connectivity index (χ3n) is 3.55. The molecule has 0 aliphatic rings. The summed E-state index contributed by atoms with van der Waals surface area (Å²) >= 11 is 2.99. The van der Waals surface area contributed by atoms with Crippen molar-refractivity contribution in [3.05, 3.63) is 47.5 Å². The van der Waals surface area contributed by atoms with Crippen molar-refractivity contribution in [2.24, 2.45) is 0 Å². The predicted octanol–water partition coefficient (Wildman–Crippen LogP) is 3.24. The Kier molecular flexibility index (Phi) is 5.61. The van der Waals surface area contributed by atoms with Crippen LogP contribution in [0.2, 0.25) is 0 Å². The number of thiazole rings is 1. The third-order valence-corrected chi connectivity index (χ3v) is 6.61. The number of carbonyl (C=O) groups excluding carboxylic acids is 1. The van der Waals surface area contributed by atoms with Gasteiger partial charge in [0.15, 0.2) is 0 Å². The lowest BCUT2D eigenvalue weighted by atomic mass is 10.3. The van der Waals surface area contributed by atoms with Crippen LogP contribution in [0.5, 0.6) is 0 Å². The van der Waals surface area contributed by atoms with E-state index >= 15 is 0 Å². The molecule has 0 saturated heterocycles. The van der Waals surface area contributed by atoms with Gasteiger partial charge in [-0.2, -0.15) is 0 Å². The molecule has 0 aliphatic heterocycles. The SMILES string of the molecule is CSc1cccc(NC(=O)CNS(=O)(=O)c2ccc3nc(C)sc3c2)c1. The van der Waals surface area contributed by atoms with Crippen LogP contribution in [0.25, 0.3) is 10.2 Å². The average Bonchev–Trinajstić information content (AvgIpc) is 2.99. The molecule has 6 nitrogen and oxygen atoms in total. The smallest absolute Gasteiger partial charge is 0.241 e. The van der Waals surface area contributed by atoms with Crippen LogP contribution < -0.4 is 10.0 Å². The number of fused-ring (bicyclic) bond motifs is 1. The fourth-order valence-corrected chi connectivity index (χ4v) is 4.75. The van der Waals surface area contributed by atoms with E-state index < -0.39 is 15.9 Å². The number of carbonyl (C=O) groups is 1. The van der Waals surface area contributed by atoms with Gasteiger partial charge in [-0.25, -0.2) is 18.1 Å². The fraction of sp³-hybridized carbons (Fsp3) is 0.176. The van der Waals surface area contributed by atoms with Crippen molar-refractivity contribution < 1.29 is 13.2 Å². The molecule has 3 rings (SSSR count). The minimum Gasteiger partial charge on any atom is -0.325 e. The first-order valence-corrected chi connectivity index (χ1v) is 11.2. The first kappa shape index (κ1) is 18.8. The Labute approximate surface area is 160 Å². The van der Waals surface area contributed by atoms with E-state index in [1.165, 1.54) is 17.4 Å². The lowest BCUT2D eigenvalue weighted by Gasteiger charge is -2.08. The molecular formula is C17H17N3O3S3. The molecule has 0 bridgehead atoms. The summed E-state index contributed by atoms with van der Waals surface area (Å²) in [5, 5.41) is 3.56. The summed E-state index contributed by atoms with van der Waals surface area (Å²) in [5.74, 6) is -0.429. The summed E-state index contributed by atoms with van der Waals surface area (Å²) in [7, 11) is -3.78. The molecular weight excluding hydrogens is 390 g/mol. The van der Waals surface area contributed by atoms with Gasteiger partial charge in [0.1, 0.15) is 0 Å². The number of hydrogen-bond donors (Lipinski definition) is 2. The largest absolute Gasteiger partial charge is 0.325 e. The van der Waals surface area contributed by atoms with E-state index in [0.29, 0.717) is 5.69 Å². The van der Waals surface area contributed by atoms with Crippen LogP contribution in [-0.4, -0.2) is 32.1 Å². The second kappa shape index (κ2) is 7.75. The number of aromatic nitrogens is 1. The Balaban J connectivity index is 1.67. The summed E-state index contributed by atoms with van der Waals surface area (Å²) in [6, 6.07) is 12.1. The number of anilines is 1. The van der Waals surface area contributed by atoms with Gasteiger partial charge in [-0.05, 0) is 49.6 Å². The quantitative estimate of drug-likeness (QED) is 0.613. The summed E-state index contributed by atoms with van der Waals surface area (Å²) in [6.07, 6.45) is 1.94.